The molecule has 5 nitrogen and oxygen atoms in total. The van der Waals surface area contributed by atoms with Crippen LogP contribution in [0.5, 0.6) is 0 Å². The van der Waals surface area contributed by atoms with E-state index in [2.05, 4.69) is 0 Å². The van der Waals surface area contributed by atoms with Gasteiger partial charge in [-0.1, -0.05) is 0 Å². The van der Waals surface area contributed by atoms with Gasteiger partial charge in [-0.25, -0.2) is 8.42 Å². The summed E-state index contributed by atoms with van der Waals surface area (Å²) in [6, 6.07) is 1.86. The highest BCUT2D eigenvalue weighted by molar-refractivity contribution is 7.91. The number of sulfone groups is 1. The summed E-state index contributed by atoms with van der Waals surface area (Å²) in [6.45, 7) is 0.494. The third-order valence-corrected chi connectivity index (χ3v) is 5.81. The molecule has 0 spiro atoms. The van der Waals surface area contributed by atoms with Crippen LogP contribution in [0.4, 0.5) is 0 Å². The summed E-state index contributed by atoms with van der Waals surface area (Å²) >= 11 is 1.61. The normalized spacial score (nSPS) is 21.8. The fourth-order valence-electron chi connectivity index (χ4n) is 2.34. The molecule has 2 heterocycles. The van der Waals surface area contributed by atoms with Crippen molar-refractivity contribution >= 4 is 27.1 Å². The van der Waals surface area contributed by atoms with Crippen molar-refractivity contribution in [2.45, 2.75) is 18.9 Å². The van der Waals surface area contributed by atoms with Gasteiger partial charge in [0.2, 0.25) is 0 Å². The summed E-state index contributed by atoms with van der Waals surface area (Å²) < 4.78 is 23.0. The minimum atomic E-state index is -2.98. The fourth-order valence-corrected chi connectivity index (χ4v) is 4.80. The monoisotopic (exact) mass is 303 g/mol. The second kappa shape index (κ2) is 6.02. The molecule has 1 unspecified atom stereocenters. The van der Waals surface area contributed by atoms with Crippen molar-refractivity contribution in [1.82, 2.24) is 4.90 Å². The summed E-state index contributed by atoms with van der Waals surface area (Å²) in [5.74, 6) is -0.648. The number of rotatable bonds is 6. The largest absolute Gasteiger partial charge is 0.480 e. The lowest BCUT2D eigenvalue weighted by molar-refractivity contribution is -0.138. The van der Waals surface area contributed by atoms with E-state index in [0.29, 0.717) is 13.0 Å². The van der Waals surface area contributed by atoms with E-state index < -0.39 is 15.8 Å². The predicted octanol–water partition coefficient (Wildman–Crippen LogP) is 0.864. The summed E-state index contributed by atoms with van der Waals surface area (Å²) in [5.41, 5.74) is 1.17. The molecule has 1 aromatic heterocycles. The molecule has 19 heavy (non-hydrogen) atoms. The molecule has 1 N–H and O–H groups in total. The van der Waals surface area contributed by atoms with Crippen molar-refractivity contribution in [3.05, 3.63) is 22.4 Å². The van der Waals surface area contributed by atoms with Crippen LogP contribution in [0.2, 0.25) is 0 Å². The van der Waals surface area contributed by atoms with E-state index in [1.807, 2.05) is 16.8 Å². The molecule has 1 aliphatic rings. The Morgan fingerprint density at radius 2 is 2.32 bits per heavy atom. The first-order valence-electron chi connectivity index (χ1n) is 6.13. The van der Waals surface area contributed by atoms with Crippen molar-refractivity contribution in [1.29, 1.82) is 0 Å². The highest BCUT2D eigenvalue weighted by atomic mass is 32.2. The molecule has 0 aromatic carbocycles. The average molecular weight is 303 g/mol. The number of aliphatic carboxylic acids is 1. The Morgan fingerprint density at radius 3 is 2.84 bits per heavy atom. The highest BCUT2D eigenvalue weighted by Gasteiger charge is 2.32. The molecular weight excluding hydrogens is 286 g/mol. The third kappa shape index (κ3) is 4.29. The molecule has 106 valence electrons. The molecule has 1 saturated heterocycles. The maximum Gasteiger partial charge on any atom is 0.317 e. The highest BCUT2D eigenvalue weighted by Crippen LogP contribution is 2.18. The van der Waals surface area contributed by atoms with Crippen LogP contribution in [0.3, 0.4) is 0 Å². The first kappa shape index (κ1) is 14.5. The number of carboxylic acids is 1. The second-order valence-electron chi connectivity index (χ2n) is 4.80. The van der Waals surface area contributed by atoms with Crippen LogP contribution >= 0.6 is 11.3 Å². The number of carboxylic acid groups (broad SMARTS) is 1. The Hall–Kier alpha value is -0.920. The number of hydrogen-bond donors (Lipinski definition) is 1. The van der Waals surface area contributed by atoms with Crippen LogP contribution in [0, 0.1) is 0 Å². The summed E-state index contributed by atoms with van der Waals surface area (Å²) in [4.78, 5) is 12.7. The van der Waals surface area contributed by atoms with Gasteiger partial charge in [-0.2, -0.15) is 11.3 Å². The van der Waals surface area contributed by atoms with Crippen molar-refractivity contribution < 1.29 is 18.3 Å². The van der Waals surface area contributed by atoms with E-state index in [-0.39, 0.29) is 24.1 Å². The summed E-state index contributed by atoms with van der Waals surface area (Å²) in [6.07, 6.45) is 1.30. The lowest BCUT2D eigenvalue weighted by atomic mass is 10.2. The standard InChI is InChI=1S/C12H17NO4S2/c14-12(15)7-13(4-1-10-2-5-18-8-10)11-3-6-19(16,17)9-11/h2,5,8,11H,1,3-4,6-7,9H2,(H,14,15). The Bertz CT molecular complexity index is 524. The minimum absolute atomic E-state index is 0.0872. The predicted molar refractivity (Wildman–Crippen MR) is 74.3 cm³/mol. The minimum Gasteiger partial charge on any atom is -0.480 e. The molecule has 0 saturated carbocycles. The van der Waals surface area contributed by atoms with Crippen LogP contribution in [-0.4, -0.2) is 55.0 Å². The SMILES string of the molecule is O=C(O)CN(CCc1ccsc1)C1CCS(=O)(=O)C1. The van der Waals surface area contributed by atoms with Crippen LogP contribution in [0.25, 0.3) is 0 Å². The first-order chi connectivity index (χ1) is 8.96. The van der Waals surface area contributed by atoms with E-state index in [9.17, 15) is 13.2 Å². The van der Waals surface area contributed by atoms with Gasteiger partial charge in [-0.05, 0) is 35.2 Å². The zero-order chi connectivity index (χ0) is 13.9. The topological polar surface area (TPSA) is 74.7 Å². The number of thiophene rings is 1. The quantitative estimate of drug-likeness (QED) is 0.844. The molecule has 1 fully saturated rings. The van der Waals surface area contributed by atoms with Gasteiger partial charge < -0.3 is 5.11 Å². The third-order valence-electron chi connectivity index (χ3n) is 3.33. The van der Waals surface area contributed by atoms with Crippen LogP contribution in [-0.2, 0) is 21.1 Å². The van der Waals surface area contributed by atoms with Gasteiger partial charge in [0.25, 0.3) is 0 Å². The van der Waals surface area contributed by atoms with Gasteiger partial charge >= 0.3 is 5.97 Å². The number of nitrogens with zero attached hydrogens (tertiary/aromatic N) is 1. The maximum atomic E-state index is 11.5. The smallest absolute Gasteiger partial charge is 0.317 e. The van der Waals surface area contributed by atoms with Gasteiger partial charge in [-0.3, -0.25) is 9.69 Å². The van der Waals surface area contributed by atoms with Crippen LogP contribution in [0.1, 0.15) is 12.0 Å². The van der Waals surface area contributed by atoms with E-state index in [4.69, 9.17) is 5.11 Å². The van der Waals surface area contributed by atoms with Crippen molar-refractivity contribution in [3.8, 4) is 0 Å². The Kier molecular flexibility index (Phi) is 4.59. The number of carbonyl (C=O) groups is 1. The molecular formula is C12H17NO4S2. The van der Waals surface area contributed by atoms with Crippen LogP contribution in [0.15, 0.2) is 16.8 Å². The summed E-state index contributed by atoms with van der Waals surface area (Å²) in [5, 5.41) is 13.0. The molecule has 0 amide bonds. The van der Waals surface area contributed by atoms with Crippen molar-refractivity contribution in [2.75, 3.05) is 24.6 Å². The lowest BCUT2D eigenvalue weighted by Gasteiger charge is -2.26. The zero-order valence-corrected chi connectivity index (χ0v) is 12.1. The Morgan fingerprint density at radius 1 is 1.53 bits per heavy atom. The lowest BCUT2D eigenvalue weighted by Crippen LogP contribution is -2.41. The molecule has 1 aliphatic heterocycles. The molecule has 7 heteroatoms. The van der Waals surface area contributed by atoms with E-state index >= 15 is 0 Å². The van der Waals surface area contributed by atoms with E-state index in [0.717, 1.165) is 6.42 Å². The Labute approximate surface area is 116 Å². The zero-order valence-electron chi connectivity index (χ0n) is 10.5. The fraction of sp³-hybridized carbons (Fsp3) is 0.583. The molecule has 1 aromatic rings. The second-order valence-corrected chi connectivity index (χ2v) is 7.81. The van der Waals surface area contributed by atoms with Gasteiger partial charge in [0, 0.05) is 12.6 Å². The van der Waals surface area contributed by atoms with Gasteiger partial charge in [0.05, 0.1) is 18.1 Å². The maximum absolute atomic E-state index is 11.5. The van der Waals surface area contributed by atoms with E-state index in [1.54, 1.807) is 16.2 Å². The van der Waals surface area contributed by atoms with E-state index in [1.165, 1.54) is 5.56 Å². The summed E-state index contributed by atoms with van der Waals surface area (Å²) in [7, 11) is -2.98. The van der Waals surface area contributed by atoms with Crippen molar-refractivity contribution in [2.24, 2.45) is 0 Å². The number of hydrogen-bond acceptors (Lipinski definition) is 5. The molecule has 2 rings (SSSR count). The van der Waals surface area contributed by atoms with Gasteiger partial charge in [-0.15, -0.1) is 0 Å². The molecule has 0 radical (unpaired) electrons. The molecule has 1 atom stereocenters. The Balaban J connectivity index is 1.97. The average Bonchev–Trinajstić information content (AvgIpc) is 2.93. The van der Waals surface area contributed by atoms with Crippen LogP contribution < -0.4 is 0 Å². The first-order valence-corrected chi connectivity index (χ1v) is 8.90. The van der Waals surface area contributed by atoms with Gasteiger partial charge in [0.15, 0.2) is 9.84 Å². The van der Waals surface area contributed by atoms with Gasteiger partial charge in [0.1, 0.15) is 0 Å². The molecule has 0 aliphatic carbocycles. The van der Waals surface area contributed by atoms with Crippen molar-refractivity contribution in [3.63, 3.8) is 0 Å². The molecule has 0 bridgehead atoms.